The minimum absolute atomic E-state index is 0.0342. The second-order valence-electron chi connectivity index (χ2n) is 5.15. The minimum atomic E-state index is -0.771. The number of rotatable bonds is 3. The lowest BCUT2D eigenvalue weighted by Gasteiger charge is -2.26. The summed E-state index contributed by atoms with van der Waals surface area (Å²) in [5.41, 5.74) is 5.15. The maximum Gasteiger partial charge on any atom is 0.288 e. The molecule has 22 heavy (non-hydrogen) atoms. The van der Waals surface area contributed by atoms with Crippen LogP contribution in [0.3, 0.4) is 0 Å². The summed E-state index contributed by atoms with van der Waals surface area (Å²) in [4.78, 5) is 25.4. The maximum atomic E-state index is 14.1. The number of carbonyl (C=O) groups excluding carboxylic acids is 1. The molecule has 1 aliphatic rings. The van der Waals surface area contributed by atoms with Crippen molar-refractivity contribution in [1.29, 1.82) is 0 Å². The minimum Gasteiger partial charge on any atom is -0.363 e. The van der Waals surface area contributed by atoms with E-state index in [0.29, 0.717) is 11.8 Å². The van der Waals surface area contributed by atoms with Gasteiger partial charge in [-0.25, -0.2) is 14.4 Å². The Morgan fingerprint density at radius 1 is 1.27 bits per heavy atom. The van der Waals surface area contributed by atoms with Crippen LogP contribution >= 0.6 is 0 Å². The summed E-state index contributed by atoms with van der Waals surface area (Å²) >= 11 is 0. The lowest BCUT2D eigenvalue weighted by Crippen LogP contribution is -2.31. The SMILES string of the molecule is Cc1nc(C(N)=O)nn1-c1nc(N2CCCCC2)ncc1F. The zero-order chi connectivity index (χ0) is 15.7. The fourth-order valence-electron chi connectivity index (χ4n) is 2.44. The molecule has 0 aliphatic carbocycles. The van der Waals surface area contributed by atoms with Gasteiger partial charge in [0.05, 0.1) is 6.20 Å². The summed E-state index contributed by atoms with van der Waals surface area (Å²) in [5.74, 6) is -0.830. The first kappa shape index (κ1) is 14.4. The van der Waals surface area contributed by atoms with E-state index in [9.17, 15) is 9.18 Å². The normalized spacial score (nSPS) is 15.1. The van der Waals surface area contributed by atoms with Gasteiger partial charge in [-0.2, -0.15) is 9.67 Å². The van der Waals surface area contributed by atoms with Crippen molar-refractivity contribution in [3.63, 3.8) is 0 Å². The Morgan fingerprint density at radius 3 is 2.64 bits per heavy atom. The smallest absolute Gasteiger partial charge is 0.288 e. The van der Waals surface area contributed by atoms with E-state index in [4.69, 9.17) is 5.73 Å². The van der Waals surface area contributed by atoms with Crippen molar-refractivity contribution >= 4 is 11.9 Å². The number of primary amides is 1. The molecule has 0 radical (unpaired) electrons. The van der Waals surface area contributed by atoms with Gasteiger partial charge >= 0.3 is 0 Å². The molecule has 8 nitrogen and oxygen atoms in total. The van der Waals surface area contributed by atoms with Gasteiger partial charge in [0.15, 0.2) is 11.6 Å². The quantitative estimate of drug-likeness (QED) is 0.890. The van der Waals surface area contributed by atoms with Crippen LogP contribution in [0, 0.1) is 12.7 Å². The molecule has 1 saturated heterocycles. The Labute approximate surface area is 126 Å². The van der Waals surface area contributed by atoms with Gasteiger partial charge in [-0.1, -0.05) is 0 Å². The molecule has 3 rings (SSSR count). The van der Waals surface area contributed by atoms with E-state index in [-0.39, 0.29) is 11.6 Å². The first-order valence-electron chi connectivity index (χ1n) is 7.07. The molecule has 0 unspecified atom stereocenters. The van der Waals surface area contributed by atoms with Gasteiger partial charge in [0.25, 0.3) is 5.91 Å². The molecular weight excluding hydrogens is 289 g/mol. The molecular formula is C13H16FN7O. The predicted molar refractivity (Wildman–Crippen MR) is 76.2 cm³/mol. The van der Waals surface area contributed by atoms with Crippen LogP contribution in [-0.2, 0) is 0 Å². The van der Waals surface area contributed by atoms with Gasteiger partial charge in [-0.15, -0.1) is 5.10 Å². The second kappa shape index (κ2) is 5.66. The molecule has 0 bridgehead atoms. The molecule has 0 spiro atoms. The summed E-state index contributed by atoms with van der Waals surface area (Å²) < 4.78 is 15.2. The van der Waals surface area contributed by atoms with Crippen LogP contribution in [0.15, 0.2) is 6.20 Å². The summed E-state index contributed by atoms with van der Waals surface area (Å²) in [7, 11) is 0. The largest absolute Gasteiger partial charge is 0.363 e. The average molecular weight is 305 g/mol. The van der Waals surface area contributed by atoms with E-state index in [1.165, 1.54) is 11.1 Å². The third-order valence-corrected chi connectivity index (χ3v) is 3.54. The lowest BCUT2D eigenvalue weighted by atomic mass is 10.1. The zero-order valence-electron chi connectivity index (χ0n) is 12.2. The van der Waals surface area contributed by atoms with Crippen LogP contribution < -0.4 is 10.6 Å². The van der Waals surface area contributed by atoms with E-state index >= 15 is 0 Å². The van der Waals surface area contributed by atoms with Crippen LogP contribution in [0.2, 0.25) is 0 Å². The van der Waals surface area contributed by atoms with E-state index in [1.807, 2.05) is 4.90 Å². The predicted octanol–water partition coefficient (Wildman–Crippen LogP) is 0.594. The van der Waals surface area contributed by atoms with Crippen LogP contribution in [0.4, 0.5) is 10.3 Å². The summed E-state index contributed by atoms with van der Waals surface area (Å²) in [6.45, 7) is 3.28. The number of anilines is 1. The van der Waals surface area contributed by atoms with Gasteiger partial charge in [0, 0.05) is 13.1 Å². The zero-order valence-corrected chi connectivity index (χ0v) is 12.2. The molecule has 2 aromatic rings. The van der Waals surface area contributed by atoms with Crippen molar-refractivity contribution in [2.75, 3.05) is 18.0 Å². The number of nitrogens with two attached hydrogens (primary N) is 1. The summed E-state index contributed by atoms with van der Waals surface area (Å²) in [5, 5.41) is 3.91. The molecule has 2 aromatic heterocycles. The molecule has 1 aliphatic heterocycles. The van der Waals surface area contributed by atoms with Crippen molar-refractivity contribution in [3.8, 4) is 5.82 Å². The standard InChI is InChI=1S/C13H16FN7O/c1-8-17-11(10(15)22)19-21(8)12-9(14)7-16-13(18-12)20-5-3-2-4-6-20/h7H,2-6H2,1H3,(H2,15,22). The molecule has 1 amide bonds. The highest BCUT2D eigenvalue weighted by Crippen LogP contribution is 2.19. The number of aryl methyl sites for hydroxylation is 1. The van der Waals surface area contributed by atoms with Crippen LogP contribution in [0.1, 0.15) is 35.7 Å². The molecule has 116 valence electrons. The van der Waals surface area contributed by atoms with Crippen LogP contribution in [-0.4, -0.2) is 43.7 Å². The van der Waals surface area contributed by atoms with Crippen molar-refractivity contribution in [2.45, 2.75) is 26.2 Å². The highest BCUT2D eigenvalue weighted by molar-refractivity contribution is 5.88. The number of piperidine rings is 1. The Bertz CT molecular complexity index is 708. The molecule has 0 atom stereocenters. The molecule has 3 heterocycles. The number of hydrogen-bond acceptors (Lipinski definition) is 6. The van der Waals surface area contributed by atoms with Crippen molar-refractivity contribution in [1.82, 2.24) is 24.7 Å². The number of aromatic nitrogens is 5. The monoisotopic (exact) mass is 305 g/mol. The van der Waals surface area contributed by atoms with Gasteiger partial charge in [0.2, 0.25) is 11.8 Å². The Balaban J connectivity index is 2.01. The van der Waals surface area contributed by atoms with Crippen LogP contribution in [0.25, 0.3) is 5.82 Å². The number of carbonyl (C=O) groups is 1. The van der Waals surface area contributed by atoms with Crippen molar-refractivity contribution < 1.29 is 9.18 Å². The number of hydrogen-bond donors (Lipinski definition) is 1. The first-order valence-corrected chi connectivity index (χ1v) is 7.07. The maximum absolute atomic E-state index is 14.1. The topological polar surface area (TPSA) is 103 Å². The third-order valence-electron chi connectivity index (χ3n) is 3.54. The van der Waals surface area contributed by atoms with E-state index in [1.54, 1.807) is 6.92 Å². The first-order chi connectivity index (χ1) is 10.6. The van der Waals surface area contributed by atoms with Crippen molar-refractivity contribution in [3.05, 3.63) is 23.7 Å². The van der Waals surface area contributed by atoms with Crippen molar-refractivity contribution in [2.24, 2.45) is 5.73 Å². The molecule has 9 heteroatoms. The highest BCUT2D eigenvalue weighted by atomic mass is 19.1. The lowest BCUT2D eigenvalue weighted by molar-refractivity contribution is 0.0990. The van der Waals surface area contributed by atoms with Gasteiger partial charge in [-0.05, 0) is 26.2 Å². The van der Waals surface area contributed by atoms with E-state index in [0.717, 1.165) is 32.1 Å². The summed E-state index contributed by atoms with van der Waals surface area (Å²) in [6.07, 6.45) is 4.40. The molecule has 1 fully saturated rings. The molecule has 0 aromatic carbocycles. The van der Waals surface area contributed by atoms with E-state index in [2.05, 4.69) is 20.1 Å². The molecule has 0 saturated carbocycles. The van der Waals surface area contributed by atoms with Gasteiger partial charge in [-0.3, -0.25) is 4.79 Å². The average Bonchev–Trinajstić information content (AvgIpc) is 2.91. The highest BCUT2D eigenvalue weighted by Gasteiger charge is 2.20. The Morgan fingerprint density at radius 2 is 2.00 bits per heavy atom. The molecule has 2 N–H and O–H groups in total. The fraction of sp³-hybridized carbons (Fsp3) is 0.462. The number of halogens is 1. The van der Waals surface area contributed by atoms with E-state index < -0.39 is 11.7 Å². The second-order valence-corrected chi connectivity index (χ2v) is 5.15. The fourth-order valence-corrected chi connectivity index (χ4v) is 2.44. The Kier molecular flexibility index (Phi) is 3.70. The van der Waals surface area contributed by atoms with Gasteiger partial charge < -0.3 is 10.6 Å². The Hall–Kier alpha value is -2.58. The van der Waals surface area contributed by atoms with Crippen LogP contribution in [0.5, 0.6) is 0 Å². The third kappa shape index (κ3) is 2.61. The number of amides is 1. The number of nitrogens with zero attached hydrogens (tertiary/aromatic N) is 6. The van der Waals surface area contributed by atoms with Gasteiger partial charge in [0.1, 0.15) is 5.82 Å². The summed E-state index contributed by atoms with van der Waals surface area (Å²) in [6, 6.07) is 0.